The molecule has 9 heteroatoms. The number of rotatable bonds is 7. The van der Waals surface area contributed by atoms with Crippen molar-refractivity contribution in [2.45, 2.75) is 32.4 Å². The zero-order valence-electron chi connectivity index (χ0n) is 15.7. The molecule has 2 aromatic rings. The van der Waals surface area contributed by atoms with Crippen molar-refractivity contribution in [3.8, 4) is 0 Å². The van der Waals surface area contributed by atoms with Crippen LogP contribution in [0.5, 0.6) is 0 Å². The average molecular weight is 425 g/mol. The van der Waals surface area contributed by atoms with E-state index in [0.29, 0.717) is 16.7 Å². The van der Waals surface area contributed by atoms with Crippen LogP contribution < -0.4 is 10.6 Å². The van der Waals surface area contributed by atoms with E-state index in [2.05, 4.69) is 10.6 Å². The molecule has 0 aliphatic carbocycles. The summed E-state index contributed by atoms with van der Waals surface area (Å²) in [6.45, 7) is 2.62. The molecule has 2 rings (SSSR count). The summed E-state index contributed by atoms with van der Waals surface area (Å²) in [6.07, 6.45) is -1.47. The van der Waals surface area contributed by atoms with Gasteiger partial charge in [0.05, 0.1) is 18.2 Å². The topological polar surface area (TPSA) is 84.5 Å². The summed E-state index contributed by atoms with van der Waals surface area (Å²) < 4.78 is 31.6. The van der Waals surface area contributed by atoms with Crippen LogP contribution >= 0.6 is 11.6 Å². The van der Waals surface area contributed by atoms with Crippen molar-refractivity contribution >= 4 is 35.1 Å². The third-order valence-electron chi connectivity index (χ3n) is 3.89. The number of anilines is 1. The smallest absolute Gasteiger partial charge is 0.309 e. The largest absolute Gasteiger partial charge is 0.452 e. The van der Waals surface area contributed by atoms with E-state index in [1.807, 2.05) is 0 Å². The number of hydrogen-bond donors (Lipinski definition) is 2. The highest BCUT2D eigenvalue weighted by Crippen LogP contribution is 2.21. The van der Waals surface area contributed by atoms with Gasteiger partial charge >= 0.3 is 5.97 Å². The number of esters is 1. The van der Waals surface area contributed by atoms with Crippen molar-refractivity contribution in [2.24, 2.45) is 0 Å². The van der Waals surface area contributed by atoms with Gasteiger partial charge in [-0.25, -0.2) is 8.78 Å². The number of amides is 2. The fraction of sp³-hybridized carbons (Fsp3) is 0.250. The highest BCUT2D eigenvalue weighted by Gasteiger charge is 2.23. The molecule has 0 radical (unpaired) electrons. The van der Waals surface area contributed by atoms with Gasteiger partial charge in [-0.1, -0.05) is 23.7 Å². The Bertz CT molecular complexity index is 906. The first-order chi connectivity index (χ1) is 13.7. The fourth-order valence-corrected chi connectivity index (χ4v) is 2.61. The molecule has 2 aromatic carbocycles. The molecular formula is C20H19ClF2N2O4. The third kappa shape index (κ3) is 6.83. The van der Waals surface area contributed by atoms with Crippen molar-refractivity contribution < 1.29 is 27.9 Å². The maximum Gasteiger partial charge on any atom is 0.309 e. The van der Waals surface area contributed by atoms with Crippen LogP contribution in [-0.2, 0) is 19.1 Å². The predicted molar refractivity (Wildman–Crippen MR) is 103 cm³/mol. The van der Waals surface area contributed by atoms with E-state index in [4.69, 9.17) is 16.3 Å². The van der Waals surface area contributed by atoms with Crippen molar-refractivity contribution in [3.05, 3.63) is 64.7 Å². The molecule has 0 saturated heterocycles. The maximum atomic E-state index is 13.6. The van der Waals surface area contributed by atoms with Gasteiger partial charge in [0, 0.05) is 18.0 Å². The van der Waals surface area contributed by atoms with Gasteiger partial charge in [0.15, 0.2) is 6.10 Å². The molecule has 2 atom stereocenters. The van der Waals surface area contributed by atoms with Crippen LogP contribution in [0.15, 0.2) is 42.5 Å². The van der Waals surface area contributed by atoms with Gasteiger partial charge in [0.1, 0.15) is 11.6 Å². The highest BCUT2D eigenvalue weighted by molar-refractivity contribution is 6.30. The number of nitrogens with one attached hydrogen (secondary N) is 2. The van der Waals surface area contributed by atoms with E-state index in [9.17, 15) is 23.2 Å². The Morgan fingerprint density at radius 2 is 1.76 bits per heavy atom. The Kier molecular flexibility index (Phi) is 7.67. The lowest BCUT2D eigenvalue weighted by Gasteiger charge is -2.19. The Morgan fingerprint density at radius 3 is 2.34 bits per heavy atom. The molecule has 0 fully saturated rings. The Labute approximate surface area is 171 Å². The molecule has 154 valence electrons. The molecule has 0 bridgehead atoms. The molecule has 0 aliphatic heterocycles. The number of carbonyl (C=O) groups is 3. The molecule has 0 aliphatic rings. The SMILES string of the molecule is CC(=O)NC(CC(=O)OC(C)C(=O)Nc1ccc(F)cc1F)c1ccc(Cl)cc1. The summed E-state index contributed by atoms with van der Waals surface area (Å²) >= 11 is 5.85. The van der Waals surface area contributed by atoms with E-state index < -0.39 is 35.7 Å². The summed E-state index contributed by atoms with van der Waals surface area (Å²) in [7, 11) is 0. The lowest BCUT2D eigenvalue weighted by atomic mass is 10.0. The van der Waals surface area contributed by atoms with E-state index in [0.717, 1.165) is 12.1 Å². The summed E-state index contributed by atoms with van der Waals surface area (Å²) in [4.78, 5) is 35.8. The zero-order valence-corrected chi connectivity index (χ0v) is 16.4. The molecule has 0 heterocycles. The molecular weight excluding hydrogens is 406 g/mol. The number of carbonyl (C=O) groups excluding carboxylic acids is 3. The molecule has 0 aromatic heterocycles. The van der Waals surface area contributed by atoms with Gasteiger partial charge in [-0.3, -0.25) is 14.4 Å². The Hall–Kier alpha value is -3.00. The van der Waals surface area contributed by atoms with Gasteiger partial charge in [-0.05, 0) is 36.8 Å². The molecule has 2 unspecified atom stereocenters. The van der Waals surface area contributed by atoms with Crippen LogP contribution in [0.25, 0.3) is 0 Å². The predicted octanol–water partition coefficient (Wildman–Crippen LogP) is 3.76. The summed E-state index contributed by atoms with van der Waals surface area (Å²) in [6, 6.07) is 8.53. The molecule has 2 amide bonds. The lowest BCUT2D eigenvalue weighted by molar-refractivity contribution is -0.153. The quantitative estimate of drug-likeness (QED) is 0.663. The standard InChI is InChI=1S/C20H19ClF2N2O4/c1-11(20(28)25-17-8-7-15(22)9-16(17)23)29-19(27)10-18(24-12(2)26)13-3-5-14(21)6-4-13/h3-9,11,18H,10H2,1-2H3,(H,24,26)(H,25,28). The van der Waals surface area contributed by atoms with Crippen LogP contribution in [0.3, 0.4) is 0 Å². The molecule has 0 spiro atoms. The summed E-state index contributed by atoms with van der Waals surface area (Å²) in [5.74, 6) is -3.63. The number of hydrogen-bond acceptors (Lipinski definition) is 4. The van der Waals surface area contributed by atoms with Crippen molar-refractivity contribution in [3.63, 3.8) is 0 Å². The minimum atomic E-state index is -1.24. The van der Waals surface area contributed by atoms with Crippen molar-refractivity contribution in [1.82, 2.24) is 5.32 Å². The molecule has 2 N–H and O–H groups in total. The van der Waals surface area contributed by atoms with Crippen LogP contribution in [0.1, 0.15) is 31.9 Å². The fourth-order valence-electron chi connectivity index (χ4n) is 2.48. The Balaban J connectivity index is 1.99. The first-order valence-electron chi connectivity index (χ1n) is 8.63. The molecule has 0 saturated carbocycles. The number of halogens is 3. The normalized spacial score (nSPS) is 12.6. The van der Waals surface area contributed by atoms with E-state index in [1.165, 1.54) is 13.8 Å². The summed E-state index contributed by atoms with van der Waals surface area (Å²) in [5, 5.41) is 5.35. The number of ether oxygens (including phenoxy) is 1. The first-order valence-corrected chi connectivity index (χ1v) is 9.01. The maximum absolute atomic E-state index is 13.6. The first kappa shape index (κ1) is 22.3. The van der Waals surface area contributed by atoms with Gasteiger partial charge in [-0.15, -0.1) is 0 Å². The molecule has 29 heavy (non-hydrogen) atoms. The van der Waals surface area contributed by atoms with E-state index in [1.54, 1.807) is 24.3 Å². The van der Waals surface area contributed by atoms with Gasteiger partial charge in [0.2, 0.25) is 5.91 Å². The van der Waals surface area contributed by atoms with Gasteiger partial charge in [0.25, 0.3) is 5.91 Å². The van der Waals surface area contributed by atoms with E-state index >= 15 is 0 Å². The minimum Gasteiger partial charge on any atom is -0.452 e. The minimum absolute atomic E-state index is 0.232. The van der Waals surface area contributed by atoms with Crippen LogP contribution in [-0.4, -0.2) is 23.9 Å². The van der Waals surface area contributed by atoms with Gasteiger partial charge in [-0.2, -0.15) is 0 Å². The molecule has 6 nitrogen and oxygen atoms in total. The zero-order chi connectivity index (χ0) is 21.6. The van der Waals surface area contributed by atoms with Crippen molar-refractivity contribution in [2.75, 3.05) is 5.32 Å². The van der Waals surface area contributed by atoms with Crippen molar-refractivity contribution in [1.29, 1.82) is 0 Å². The average Bonchev–Trinajstić information content (AvgIpc) is 2.63. The number of benzene rings is 2. The van der Waals surface area contributed by atoms with Crippen LogP contribution in [0.2, 0.25) is 5.02 Å². The van der Waals surface area contributed by atoms with Crippen LogP contribution in [0, 0.1) is 11.6 Å². The monoisotopic (exact) mass is 424 g/mol. The second kappa shape index (κ2) is 9.97. The van der Waals surface area contributed by atoms with E-state index in [-0.39, 0.29) is 18.0 Å². The van der Waals surface area contributed by atoms with Crippen LogP contribution in [0.4, 0.5) is 14.5 Å². The second-order valence-corrected chi connectivity index (χ2v) is 6.69. The second-order valence-electron chi connectivity index (χ2n) is 6.25. The third-order valence-corrected chi connectivity index (χ3v) is 4.14. The van der Waals surface area contributed by atoms with Gasteiger partial charge < -0.3 is 15.4 Å². The summed E-state index contributed by atoms with van der Waals surface area (Å²) in [5.41, 5.74) is 0.392. The highest BCUT2D eigenvalue weighted by atomic mass is 35.5. The lowest BCUT2D eigenvalue weighted by Crippen LogP contribution is -2.33. The Morgan fingerprint density at radius 1 is 1.10 bits per heavy atom.